The lowest BCUT2D eigenvalue weighted by molar-refractivity contribution is -0.140. The van der Waals surface area contributed by atoms with Crippen LogP contribution in [0.1, 0.15) is 52.4 Å². The molecule has 1 heterocycles. The average molecular weight is 238 g/mol. The Bertz CT molecular complexity index is 284. The maximum absolute atomic E-state index is 12.5. The lowest BCUT2D eigenvalue weighted by Gasteiger charge is -2.41. The van der Waals surface area contributed by atoms with Gasteiger partial charge >= 0.3 is 0 Å². The predicted octanol–water partition coefficient (Wildman–Crippen LogP) is 2.15. The number of carbonyl (C=O) groups excluding carboxylic acids is 1. The third kappa shape index (κ3) is 2.82. The number of piperidine rings is 1. The highest BCUT2D eigenvalue weighted by Crippen LogP contribution is 2.32. The van der Waals surface area contributed by atoms with Crippen LogP contribution in [0.5, 0.6) is 0 Å². The van der Waals surface area contributed by atoms with Gasteiger partial charge in [-0.3, -0.25) is 4.79 Å². The van der Waals surface area contributed by atoms with E-state index in [1.807, 2.05) is 4.90 Å². The SMILES string of the molecule is CC1CCN(C(=O)C2(N)CCCC(C)C2)CC1. The number of nitrogens with zero attached hydrogens (tertiary/aromatic N) is 1. The minimum absolute atomic E-state index is 0.218. The lowest BCUT2D eigenvalue weighted by atomic mass is 9.76. The summed E-state index contributed by atoms with van der Waals surface area (Å²) in [5, 5.41) is 0. The molecule has 2 atom stereocenters. The second-order valence-electron chi connectivity index (χ2n) is 6.33. The molecule has 1 aliphatic heterocycles. The van der Waals surface area contributed by atoms with Crippen LogP contribution >= 0.6 is 0 Å². The van der Waals surface area contributed by atoms with Gasteiger partial charge in [-0.1, -0.05) is 26.7 Å². The van der Waals surface area contributed by atoms with Crippen molar-refractivity contribution in [2.24, 2.45) is 17.6 Å². The van der Waals surface area contributed by atoms with Crippen molar-refractivity contribution in [3.63, 3.8) is 0 Å². The molecule has 0 aromatic heterocycles. The van der Waals surface area contributed by atoms with Crippen LogP contribution in [0, 0.1) is 11.8 Å². The van der Waals surface area contributed by atoms with Crippen LogP contribution in [-0.4, -0.2) is 29.4 Å². The molecule has 0 radical (unpaired) electrons. The summed E-state index contributed by atoms with van der Waals surface area (Å²) in [5.41, 5.74) is 5.81. The quantitative estimate of drug-likeness (QED) is 0.761. The summed E-state index contributed by atoms with van der Waals surface area (Å²) in [6, 6.07) is 0. The Labute approximate surface area is 105 Å². The Hall–Kier alpha value is -0.570. The molecule has 1 saturated carbocycles. The van der Waals surface area contributed by atoms with Crippen LogP contribution in [0.4, 0.5) is 0 Å². The zero-order valence-corrected chi connectivity index (χ0v) is 11.2. The molecule has 1 saturated heterocycles. The number of rotatable bonds is 1. The van der Waals surface area contributed by atoms with Gasteiger partial charge in [0.2, 0.25) is 5.91 Å². The van der Waals surface area contributed by atoms with Crippen molar-refractivity contribution < 1.29 is 4.79 Å². The van der Waals surface area contributed by atoms with Gasteiger partial charge in [0.05, 0.1) is 5.54 Å². The van der Waals surface area contributed by atoms with E-state index in [2.05, 4.69) is 13.8 Å². The highest BCUT2D eigenvalue weighted by molar-refractivity contribution is 5.86. The van der Waals surface area contributed by atoms with Gasteiger partial charge < -0.3 is 10.6 Å². The maximum Gasteiger partial charge on any atom is 0.242 e. The fourth-order valence-electron chi connectivity index (χ4n) is 3.31. The van der Waals surface area contributed by atoms with Gasteiger partial charge in [0, 0.05) is 13.1 Å². The molecule has 2 unspecified atom stereocenters. The summed E-state index contributed by atoms with van der Waals surface area (Å²) >= 11 is 0. The molecule has 3 nitrogen and oxygen atoms in total. The van der Waals surface area contributed by atoms with Crippen molar-refractivity contribution in [3.8, 4) is 0 Å². The first-order chi connectivity index (χ1) is 8.01. The molecule has 0 aromatic rings. The van der Waals surface area contributed by atoms with Gasteiger partial charge in [-0.15, -0.1) is 0 Å². The number of amides is 1. The first kappa shape index (κ1) is 12.9. The van der Waals surface area contributed by atoms with E-state index >= 15 is 0 Å². The molecule has 0 aromatic carbocycles. The summed E-state index contributed by atoms with van der Waals surface area (Å²) in [4.78, 5) is 14.5. The maximum atomic E-state index is 12.5. The summed E-state index contributed by atoms with van der Waals surface area (Å²) in [7, 11) is 0. The highest BCUT2D eigenvalue weighted by atomic mass is 16.2. The third-order valence-corrected chi connectivity index (χ3v) is 4.53. The molecule has 98 valence electrons. The molecule has 2 fully saturated rings. The second-order valence-corrected chi connectivity index (χ2v) is 6.33. The highest BCUT2D eigenvalue weighted by Gasteiger charge is 2.40. The van der Waals surface area contributed by atoms with Crippen LogP contribution in [0.2, 0.25) is 0 Å². The van der Waals surface area contributed by atoms with Crippen molar-refractivity contribution >= 4 is 5.91 Å². The van der Waals surface area contributed by atoms with Crippen molar-refractivity contribution in [2.75, 3.05) is 13.1 Å². The Morgan fingerprint density at radius 1 is 1.18 bits per heavy atom. The van der Waals surface area contributed by atoms with Crippen LogP contribution in [0.3, 0.4) is 0 Å². The van der Waals surface area contributed by atoms with Crippen molar-refractivity contribution in [2.45, 2.75) is 57.9 Å². The standard InChI is InChI=1S/C14H26N2O/c1-11-5-8-16(9-6-11)13(17)14(15)7-3-4-12(2)10-14/h11-12H,3-10,15H2,1-2H3. The molecule has 3 heteroatoms. The average Bonchev–Trinajstić information content (AvgIpc) is 2.29. The summed E-state index contributed by atoms with van der Waals surface area (Å²) in [6.07, 6.45) is 6.35. The zero-order chi connectivity index (χ0) is 12.5. The zero-order valence-electron chi connectivity index (χ0n) is 11.2. The Morgan fingerprint density at radius 3 is 2.41 bits per heavy atom. The minimum Gasteiger partial charge on any atom is -0.341 e. The Balaban J connectivity index is 1.98. The van der Waals surface area contributed by atoms with E-state index in [1.165, 1.54) is 6.42 Å². The third-order valence-electron chi connectivity index (χ3n) is 4.53. The van der Waals surface area contributed by atoms with Crippen LogP contribution in [-0.2, 0) is 4.79 Å². The molecular formula is C14H26N2O. The largest absolute Gasteiger partial charge is 0.341 e. The van der Waals surface area contributed by atoms with Crippen LogP contribution in [0.25, 0.3) is 0 Å². The predicted molar refractivity (Wildman–Crippen MR) is 69.5 cm³/mol. The molecule has 1 amide bonds. The molecule has 2 aliphatic rings. The van der Waals surface area contributed by atoms with E-state index in [0.29, 0.717) is 5.92 Å². The van der Waals surface area contributed by atoms with Gasteiger partial charge in [-0.05, 0) is 37.5 Å². The fourth-order valence-corrected chi connectivity index (χ4v) is 3.31. The van der Waals surface area contributed by atoms with Gasteiger partial charge in [0.15, 0.2) is 0 Å². The number of hydrogen-bond acceptors (Lipinski definition) is 2. The topological polar surface area (TPSA) is 46.3 Å². The van der Waals surface area contributed by atoms with E-state index in [-0.39, 0.29) is 5.91 Å². The van der Waals surface area contributed by atoms with Crippen LogP contribution < -0.4 is 5.73 Å². The van der Waals surface area contributed by atoms with E-state index in [0.717, 1.165) is 51.1 Å². The molecule has 17 heavy (non-hydrogen) atoms. The number of nitrogens with two attached hydrogens (primary N) is 1. The fraction of sp³-hybridized carbons (Fsp3) is 0.929. The molecule has 0 spiro atoms. The van der Waals surface area contributed by atoms with Crippen molar-refractivity contribution in [1.29, 1.82) is 0 Å². The summed E-state index contributed by atoms with van der Waals surface area (Å²) < 4.78 is 0. The molecular weight excluding hydrogens is 212 g/mol. The van der Waals surface area contributed by atoms with E-state index in [1.54, 1.807) is 0 Å². The second kappa shape index (κ2) is 4.97. The Kier molecular flexibility index (Phi) is 3.76. The number of carbonyl (C=O) groups is 1. The van der Waals surface area contributed by atoms with Gasteiger partial charge in [0.1, 0.15) is 0 Å². The first-order valence-corrected chi connectivity index (χ1v) is 7.09. The number of hydrogen-bond donors (Lipinski definition) is 1. The smallest absolute Gasteiger partial charge is 0.242 e. The molecule has 2 N–H and O–H groups in total. The summed E-state index contributed by atoms with van der Waals surface area (Å²) in [5.74, 6) is 1.58. The van der Waals surface area contributed by atoms with Gasteiger partial charge in [-0.2, -0.15) is 0 Å². The van der Waals surface area contributed by atoms with E-state index < -0.39 is 5.54 Å². The molecule has 0 bridgehead atoms. The molecule has 1 aliphatic carbocycles. The number of likely N-dealkylation sites (tertiary alicyclic amines) is 1. The van der Waals surface area contributed by atoms with Gasteiger partial charge in [-0.25, -0.2) is 0 Å². The normalized spacial score (nSPS) is 35.9. The molecule has 2 rings (SSSR count). The van der Waals surface area contributed by atoms with Gasteiger partial charge in [0.25, 0.3) is 0 Å². The van der Waals surface area contributed by atoms with Crippen molar-refractivity contribution in [3.05, 3.63) is 0 Å². The lowest BCUT2D eigenvalue weighted by Crippen LogP contribution is -2.58. The summed E-state index contributed by atoms with van der Waals surface area (Å²) in [6.45, 7) is 6.30. The van der Waals surface area contributed by atoms with E-state index in [4.69, 9.17) is 5.73 Å². The van der Waals surface area contributed by atoms with Crippen molar-refractivity contribution in [1.82, 2.24) is 4.90 Å². The minimum atomic E-state index is -0.557. The van der Waals surface area contributed by atoms with E-state index in [9.17, 15) is 4.79 Å². The Morgan fingerprint density at radius 2 is 1.82 bits per heavy atom. The first-order valence-electron chi connectivity index (χ1n) is 7.09. The monoisotopic (exact) mass is 238 g/mol. The van der Waals surface area contributed by atoms with Crippen LogP contribution in [0.15, 0.2) is 0 Å².